The lowest BCUT2D eigenvalue weighted by atomic mass is 10.2. The van der Waals surface area contributed by atoms with E-state index < -0.39 is 5.91 Å². The fraction of sp³-hybridized carbons (Fsp3) is 0.200. The van der Waals surface area contributed by atoms with Crippen molar-refractivity contribution in [1.29, 1.82) is 0 Å². The second-order valence-electron chi connectivity index (χ2n) is 4.52. The summed E-state index contributed by atoms with van der Waals surface area (Å²) in [5.41, 5.74) is 5.72. The van der Waals surface area contributed by atoms with E-state index in [1.807, 2.05) is 38.1 Å². The lowest BCUT2D eigenvalue weighted by Gasteiger charge is -2.08. The van der Waals surface area contributed by atoms with Crippen LogP contribution in [-0.2, 0) is 4.79 Å². The first-order valence-electron chi connectivity index (χ1n) is 6.39. The molecule has 1 heterocycles. The fourth-order valence-corrected chi connectivity index (χ4v) is 2.40. The molecule has 2 rings (SSSR count). The maximum absolute atomic E-state index is 11.7. The molecule has 2 aromatic rings. The molecule has 0 fully saturated rings. The van der Waals surface area contributed by atoms with Gasteiger partial charge < -0.3 is 4.74 Å². The quantitative estimate of drug-likeness (QED) is 0.851. The molecule has 6 heteroatoms. The minimum absolute atomic E-state index is 0.160. The molecule has 0 unspecified atom stereocenters. The molecule has 0 saturated carbocycles. The predicted octanol–water partition coefficient (Wildman–Crippen LogP) is 2.20. The molecule has 21 heavy (non-hydrogen) atoms. The molecule has 1 aromatic heterocycles. The Labute approximate surface area is 126 Å². The van der Waals surface area contributed by atoms with E-state index in [1.54, 1.807) is 12.1 Å². The van der Waals surface area contributed by atoms with Crippen LogP contribution in [0.3, 0.4) is 0 Å². The zero-order chi connectivity index (χ0) is 15.2. The van der Waals surface area contributed by atoms with E-state index in [0.29, 0.717) is 10.6 Å². The summed E-state index contributed by atoms with van der Waals surface area (Å²) in [6, 6.07) is 11.0. The van der Waals surface area contributed by atoms with Crippen molar-refractivity contribution in [3.63, 3.8) is 0 Å². The smallest absolute Gasteiger partial charge is 0.279 e. The van der Waals surface area contributed by atoms with E-state index >= 15 is 0 Å². The fourth-order valence-electron chi connectivity index (χ4n) is 1.63. The highest BCUT2D eigenvalue weighted by molar-refractivity contribution is 7.13. The number of amides is 2. The van der Waals surface area contributed by atoms with Crippen molar-refractivity contribution in [2.75, 3.05) is 6.61 Å². The van der Waals surface area contributed by atoms with Crippen LogP contribution >= 0.6 is 11.3 Å². The van der Waals surface area contributed by atoms with Gasteiger partial charge in [-0.1, -0.05) is 12.1 Å². The second kappa shape index (κ2) is 6.90. The highest BCUT2D eigenvalue weighted by atomic mass is 32.1. The summed E-state index contributed by atoms with van der Waals surface area (Å²) in [6.45, 7) is 3.69. The first kappa shape index (κ1) is 15.1. The Morgan fingerprint density at radius 1 is 1.14 bits per heavy atom. The minimum atomic E-state index is -0.418. The van der Waals surface area contributed by atoms with Crippen molar-refractivity contribution < 1.29 is 14.3 Å². The Hall–Kier alpha value is -2.34. The van der Waals surface area contributed by atoms with E-state index in [4.69, 9.17) is 4.74 Å². The molecule has 2 amide bonds. The van der Waals surface area contributed by atoms with Crippen molar-refractivity contribution in [3.05, 3.63) is 51.7 Å². The zero-order valence-electron chi connectivity index (χ0n) is 11.8. The van der Waals surface area contributed by atoms with E-state index in [-0.39, 0.29) is 12.5 Å². The van der Waals surface area contributed by atoms with Crippen LogP contribution in [0.1, 0.15) is 20.1 Å². The van der Waals surface area contributed by atoms with Gasteiger partial charge >= 0.3 is 0 Å². The SMILES string of the molecule is Cc1cccc(OCC(=O)NNC(=O)c2ccc(C)s2)c1. The van der Waals surface area contributed by atoms with Gasteiger partial charge in [-0.3, -0.25) is 20.4 Å². The average Bonchev–Trinajstić information content (AvgIpc) is 2.89. The number of hydrazine groups is 1. The zero-order valence-corrected chi connectivity index (χ0v) is 12.6. The van der Waals surface area contributed by atoms with Crippen molar-refractivity contribution in [2.24, 2.45) is 0 Å². The summed E-state index contributed by atoms with van der Waals surface area (Å²) in [5, 5.41) is 0. The number of hydrogen-bond acceptors (Lipinski definition) is 4. The van der Waals surface area contributed by atoms with Crippen molar-refractivity contribution >= 4 is 23.2 Å². The second-order valence-corrected chi connectivity index (χ2v) is 5.81. The van der Waals surface area contributed by atoms with Crippen molar-refractivity contribution in [3.8, 4) is 5.75 Å². The number of aryl methyl sites for hydroxylation is 2. The molecule has 2 N–H and O–H groups in total. The molecule has 5 nitrogen and oxygen atoms in total. The van der Waals surface area contributed by atoms with Crippen LogP contribution in [0.25, 0.3) is 0 Å². The minimum Gasteiger partial charge on any atom is -0.484 e. The Morgan fingerprint density at radius 2 is 1.95 bits per heavy atom. The van der Waals surface area contributed by atoms with Crippen LogP contribution in [-0.4, -0.2) is 18.4 Å². The van der Waals surface area contributed by atoms with Crippen molar-refractivity contribution in [1.82, 2.24) is 10.9 Å². The molecule has 110 valence electrons. The lowest BCUT2D eigenvalue weighted by Crippen LogP contribution is -2.43. The lowest BCUT2D eigenvalue weighted by molar-refractivity contribution is -0.123. The molecule has 0 radical (unpaired) electrons. The topological polar surface area (TPSA) is 67.4 Å². The number of ether oxygens (including phenoxy) is 1. The van der Waals surface area contributed by atoms with Gasteiger partial charge in [-0.2, -0.15) is 0 Å². The van der Waals surface area contributed by atoms with Gasteiger partial charge in [0.25, 0.3) is 11.8 Å². The number of carbonyl (C=O) groups excluding carboxylic acids is 2. The molecule has 0 atom stereocenters. The molecule has 0 saturated heterocycles. The van der Waals surface area contributed by atoms with E-state index in [9.17, 15) is 9.59 Å². The highest BCUT2D eigenvalue weighted by Gasteiger charge is 2.09. The predicted molar refractivity (Wildman–Crippen MR) is 81.3 cm³/mol. The van der Waals surface area contributed by atoms with Gasteiger partial charge in [0, 0.05) is 4.88 Å². The Morgan fingerprint density at radius 3 is 2.62 bits per heavy atom. The number of hydrogen-bond donors (Lipinski definition) is 2. The van der Waals surface area contributed by atoms with E-state index in [0.717, 1.165) is 10.4 Å². The monoisotopic (exact) mass is 304 g/mol. The summed E-state index contributed by atoms with van der Waals surface area (Å²) in [6.07, 6.45) is 0. The Kier molecular flexibility index (Phi) is 4.94. The van der Waals surface area contributed by atoms with Crippen LogP contribution in [0, 0.1) is 13.8 Å². The third kappa shape index (κ3) is 4.61. The van der Waals surface area contributed by atoms with Gasteiger partial charge in [0.05, 0.1) is 4.88 Å². The van der Waals surface area contributed by atoms with Crippen LogP contribution < -0.4 is 15.6 Å². The maximum atomic E-state index is 11.7. The van der Waals surface area contributed by atoms with E-state index in [1.165, 1.54) is 11.3 Å². The number of benzene rings is 1. The van der Waals surface area contributed by atoms with Crippen LogP contribution in [0.15, 0.2) is 36.4 Å². The van der Waals surface area contributed by atoms with Gasteiger partial charge in [0.15, 0.2) is 6.61 Å². The molecule has 1 aromatic carbocycles. The maximum Gasteiger partial charge on any atom is 0.279 e. The molecular formula is C15H16N2O3S. The summed E-state index contributed by atoms with van der Waals surface area (Å²) >= 11 is 1.36. The van der Waals surface area contributed by atoms with Gasteiger partial charge in [-0.05, 0) is 43.7 Å². The molecule has 0 aliphatic rings. The number of rotatable bonds is 4. The molecule has 0 aliphatic heterocycles. The molecule has 0 bridgehead atoms. The number of nitrogens with one attached hydrogen (secondary N) is 2. The van der Waals surface area contributed by atoms with Gasteiger partial charge in [0.2, 0.25) is 0 Å². The normalized spacial score (nSPS) is 10.0. The Bertz CT molecular complexity index is 652. The molecule has 0 spiro atoms. The van der Waals surface area contributed by atoms with Crippen LogP contribution in [0.4, 0.5) is 0 Å². The average molecular weight is 304 g/mol. The van der Waals surface area contributed by atoms with Crippen LogP contribution in [0.2, 0.25) is 0 Å². The summed E-state index contributed by atoms with van der Waals surface area (Å²) in [7, 11) is 0. The van der Waals surface area contributed by atoms with Crippen molar-refractivity contribution in [2.45, 2.75) is 13.8 Å². The summed E-state index contributed by atoms with van der Waals surface area (Å²) < 4.78 is 5.33. The van der Waals surface area contributed by atoms with E-state index in [2.05, 4.69) is 10.9 Å². The van der Waals surface area contributed by atoms with Gasteiger partial charge in [0.1, 0.15) is 5.75 Å². The first-order chi connectivity index (χ1) is 10.0. The standard InChI is InChI=1S/C15H16N2O3S/c1-10-4-3-5-12(8-10)20-9-14(18)16-17-15(19)13-7-6-11(2)21-13/h3-8H,9H2,1-2H3,(H,16,18)(H,17,19). The Balaban J connectivity index is 1.76. The molecular weight excluding hydrogens is 288 g/mol. The first-order valence-corrected chi connectivity index (χ1v) is 7.21. The largest absolute Gasteiger partial charge is 0.484 e. The number of carbonyl (C=O) groups is 2. The van der Waals surface area contributed by atoms with Gasteiger partial charge in [-0.25, -0.2) is 0 Å². The number of thiophene rings is 1. The van der Waals surface area contributed by atoms with Crippen LogP contribution in [0.5, 0.6) is 5.75 Å². The summed E-state index contributed by atoms with van der Waals surface area (Å²) in [5.74, 6) is -0.138. The molecule has 0 aliphatic carbocycles. The van der Waals surface area contributed by atoms with Gasteiger partial charge in [-0.15, -0.1) is 11.3 Å². The third-order valence-corrected chi connectivity index (χ3v) is 3.64. The third-order valence-electron chi connectivity index (χ3n) is 2.64. The highest BCUT2D eigenvalue weighted by Crippen LogP contribution is 2.14. The summed E-state index contributed by atoms with van der Waals surface area (Å²) in [4.78, 5) is 24.9.